The number of aryl methyl sites for hydroxylation is 1. The van der Waals surface area contributed by atoms with E-state index < -0.39 is 0 Å². The van der Waals surface area contributed by atoms with E-state index in [0.717, 1.165) is 36.1 Å². The second-order valence-electron chi connectivity index (χ2n) is 10.3. The lowest BCUT2D eigenvalue weighted by Gasteiger charge is -2.25. The highest BCUT2D eigenvalue weighted by atomic mass is 16.5. The van der Waals surface area contributed by atoms with Crippen LogP contribution in [0.4, 0.5) is 0 Å². The molecule has 0 aliphatic heterocycles. The summed E-state index contributed by atoms with van der Waals surface area (Å²) in [5.41, 5.74) is 7.69. The molecule has 0 saturated heterocycles. The van der Waals surface area contributed by atoms with Crippen LogP contribution in [0.15, 0.2) is 103 Å². The van der Waals surface area contributed by atoms with Gasteiger partial charge in [-0.2, -0.15) is 0 Å². The second-order valence-corrected chi connectivity index (χ2v) is 10.3. The van der Waals surface area contributed by atoms with E-state index in [2.05, 4.69) is 99.6 Å². The van der Waals surface area contributed by atoms with Gasteiger partial charge in [0, 0.05) is 0 Å². The maximum atomic E-state index is 9.20. The summed E-state index contributed by atoms with van der Waals surface area (Å²) >= 11 is 0. The van der Waals surface area contributed by atoms with Crippen molar-refractivity contribution in [1.29, 1.82) is 0 Å². The summed E-state index contributed by atoms with van der Waals surface area (Å²) in [7, 11) is 0. The Morgan fingerprint density at radius 2 is 1.08 bits per heavy atom. The molecule has 2 heteroatoms. The minimum Gasteiger partial charge on any atom is -0.489 e. The van der Waals surface area contributed by atoms with Crippen molar-refractivity contribution in [3.8, 4) is 5.75 Å². The van der Waals surface area contributed by atoms with Crippen molar-refractivity contribution in [2.75, 3.05) is 0 Å². The molecular formula is C37H46O2. The predicted octanol–water partition coefficient (Wildman–Crippen LogP) is 9.82. The van der Waals surface area contributed by atoms with E-state index in [9.17, 15) is 5.11 Å². The first kappa shape index (κ1) is 30.2. The van der Waals surface area contributed by atoms with Crippen LogP contribution >= 0.6 is 0 Å². The zero-order valence-electron chi connectivity index (χ0n) is 24.4. The van der Waals surface area contributed by atoms with Gasteiger partial charge < -0.3 is 9.84 Å². The van der Waals surface area contributed by atoms with Crippen molar-refractivity contribution < 1.29 is 9.84 Å². The Morgan fingerprint density at radius 1 is 0.590 bits per heavy atom. The minimum atomic E-state index is 0.0516. The third-order valence-corrected chi connectivity index (χ3v) is 7.56. The summed E-state index contributed by atoms with van der Waals surface area (Å²) in [4.78, 5) is 0. The Bertz CT molecular complexity index is 1200. The predicted molar refractivity (Wildman–Crippen MR) is 166 cm³/mol. The van der Waals surface area contributed by atoms with Crippen LogP contribution in [0.2, 0.25) is 0 Å². The van der Waals surface area contributed by atoms with E-state index in [1.54, 1.807) is 0 Å². The molecular weight excluding hydrogens is 476 g/mol. The number of aliphatic hydroxyl groups excluding tert-OH is 1. The van der Waals surface area contributed by atoms with Crippen LogP contribution in [0, 0.1) is 0 Å². The van der Waals surface area contributed by atoms with Crippen molar-refractivity contribution in [2.45, 2.75) is 84.8 Å². The summed E-state index contributed by atoms with van der Waals surface area (Å²) in [5, 5.41) is 9.20. The van der Waals surface area contributed by atoms with Gasteiger partial charge in [-0.25, -0.2) is 0 Å². The van der Waals surface area contributed by atoms with Gasteiger partial charge in [0.1, 0.15) is 12.4 Å². The minimum absolute atomic E-state index is 0.0516. The van der Waals surface area contributed by atoms with Gasteiger partial charge in [-0.1, -0.05) is 126 Å². The lowest BCUT2D eigenvalue weighted by atomic mass is 9.79. The fourth-order valence-corrected chi connectivity index (χ4v) is 5.10. The zero-order chi connectivity index (χ0) is 28.0. The number of hydrogen-bond donors (Lipinski definition) is 1. The van der Waals surface area contributed by atoms with Crippen molar-refractivity contribution >= 4 is 0 Å². The Hall–Kier alpha value is -3.36. The highest BCUT2D eigenvalue weighted by molar-refractivity contribution is 5.30. The van der Waals surface area contributed by atoms with Crippen molar-refractivity contribution in [3.05, 3.63) is 137 Å². The molecule has 0 aromatic heterocycles. The molecule has 4 rings (SSSR count). The van der Waals surface area contributed by atoms with Gasteiger partial charge in [0.15, 0.2) is 0 Å². The average molecular weight is 523 g/mol. The molecule has 0 heterocycles. The Labute approximate surface area is 236 Å². The van der Waals surface area contributed by atoms with Gasteiger partial charge in [0.05, 0.1) is 6.61 Å². The van der Waals surface area contributed by atoms with Gasteiger partial charge in [0.25, 0.3) is 0 Å². The van der Waals surface area contributed by atoms with Crippen molar-refractivity contribution in [3.63, 3.8) is 0 Å². The topological polar surface area (TPSA) is 29.5 Å². The normalized spacial score (nSPS) is 13.1. The number of hydrogen-bond acceptors (Lipinski definition) is 2. The molecule has 0 aliphatic carbocycles. The van der Waals surface area contributed by atoms with E-state index in [-0.39, 0.29) is 6.61 Å². The van der Waals surface area contributed by atoms with Crippen molar-refractivity contribution in [1.82, 2.24) is 0 Å². The molecule has 4 aromatic rings. The van der Waals surface area contributed by atoms with E-state index in [0.29, 0.717) is 24.4 Å². The monoisotopic (exact) mass is 522 g/mol. The van der Waals surface area contributed by atoms with E-state index in [1.807, 2.05) is 38.1 Å². The number of benzene rings is 4. The number of rotatable bonds is 12. The van der Waals surface area contributed by atoms with Crippen LogP contribution < -0.4 is 4.74 Å². The first-order valence-electron chi connectivity index (χ1n) is 14.6. The SMILES string of the molecule is CC.CCc1ccc(C(C)CC(CC(C)c2ccc(COc3ccc(CO)cc3)cc2)c2ccccc2)cc1. The molecule has 0 saturated carbocycles. The van der Waals surface area contributed by atoms with Gasteiger partial charge in [-0.05, 0) is 82.5 Å². The molecule has 2 nitrogen and oxygen atoms in total. The van der Waals surface area contributed by atoms with E-state index in [4.69, 9.17) is 4.74 Å². The molecule has 39 heavy (non-hydrogen) atoms. The number of ether oxygens (including phenoxy) is 1. The summed E-state index contributed by atoms with van der Waals surface area (Å²) in [6.45, 7) is 11.5. The highest BCUT2D eigenvalue weighted by Gasteiger charge is 2.20. The Balaban J connectivity index is 0.00000205. The number of aliphatic hydroxyl groups is 1. The molecule has 3 atom stereocenters. The fourth-order valence-electron chi connectivity index (χ4n) is 5.10. The average Bonchev–Trinajstić information content (AvgIpc) is 3.01. The molecule has 206 valence electrons. The van der Waals surface area contributed by atoms with Gasteiger partial charge >= 0.3 is 0 Å². The molecule has 1 N–H and O–H groups in total. The van der Waals surface area contributed by atoms with Gasteiger partial charge in [-0.15, -0.1) is 0 Å². The van der Waals surface area contributed by atoms with Crippen LogP contribution in [-0.2, 0) is 19.6 Å². The van der Waals surface area contributed by atoms with Crippen molar-refractivity contribution in [2.24, 2.45) is 0 Å². The van der Waals surface area contributed by atoms with Crippen LogP contribution in [0.1, 0.15) is 98.6 Å². The van der Waals surface area contributed by atoms with Crippen LogP contribution in [0.5, 0.6) is 5.75 Å². The second kappa shape index (κ2) is 15.9. The van der Waals surface area contributed by atoms with E-state index >= 15 is 0 Å². The Kier molecular flexibility index (Phi) is 12.3. The largest absolute Gasteiger partial charge is 0.489 e. The molecule has 0 fully saturated rings. The summed E-state index contributed by atoms with van der Waals surface area (Å²) in [6.07, 6.45) is 3.34. The standard InChI is InChI=1S/C35H40O2.C2H6/c1-4-28-10-16-31(17-11-28)26(2)22-34(33-8-6-5-7-9-33)23-27(3)32-18-12-30(13-19-32)25-37-35-20-14-29(24-36)15-21-35;1-2/h5-21,26-27,34,36H,4,22-25H2,1-3H3;1-2H3. The molecule has 3 unspecified atom stereocenters. The third-order valence-electron chi connectivity index (χ3n) is 7.56. The summed E-state index contributed by atoms with van der Waals surface area (Å²) < 4.78 is 5.93. The molecule has 0 spiro atoms. The molecule has 4 aromatic carbocycles. The van der Waals surface area contributed by atoms with Gasteiger partial charge in [0.2, 0.25) is 0 Å². The smallest absolute Gasteiger partial charge is 0.119 e. The Morgan fingerprint density at radius 3 is 1.56 bits per heavy atom. The first-order chi connectivity index (χ1) is 19.1. The maximum Gasteiger partial charge on any atom is 0.119 e. The summed E-state index contributed by atoms with van der Waals surface area (Å²) in [6, 6.07) is 36.7. The first-order valence-corrected chi connectivity index (χ1v) is 14.6. The van der Waals surface area contributed by atoms with Crippen LogP contribution in [0.25, 0.3) is 0 Å². The lowest BCUT2D eigenvalue weighted by molar-refractivity contribution is 0.280. The third kappa shape index (κ3) is 9.11. The summed E-state index contributed by atoms with van der Waals surface area (Å²) in [5.74, 6) is 2.29. The molecule has 0 aliphatic rings. The lowest BCUT2D eigenvalue weighted by Crippen LogP contribution is -2.09. The van der Waals surface area contributed by atoms with E-state index in [1.165, 1.54) is 22.3 Å². The van der Waals surface area contributed by atoms with Crippen LogP contribution in [0.3, 0.4) is 0 Å². The van der Waals surface area contributed by atoms with Crippen LogP contribution in [-0.4, -0.2) is 5.11 Å². The quantitative estimate of drug-likeness (QED) is 0.201. The maximum absolute atomic E-state index is 9.20. The molecule has 0 bridgehead atoms. The fraction of sp³-hybridized carbons (Fsp3) is 0.351. The molecule has 0 amide bonds. The highest BCUT2D eigenvalue weighted by Crippen LogP contribution is 2.37. The molecule has 0 radical (unpaired) electrons. The zero-order valence-corrected chi connectivity index (χ0v) is 24.4. The van der Waals surface area contributed by atoms with Gasteiger partial charge in [-0.3, -0.25) is 0 Å².